The third-order valence-electron chi connectivity index (χ3n) is 5.22. The summed E-state index contributed by atoms with van der Waals surface area (Å²) in [5, 5.41) is 13.9. The Labute approximate surface area is 106 Å². The van der Waals surface area contributed by atoms with Crippen LogP contribution in [0.3, 0.4) is 0 Å². The molecule has 0 aromatic carbocycles. The number of hydrogen-bond acceptors (Lipinski definition) is 2. The van der Waals surface area contributed by atoms with E-state index in [-0.39, 0.29) is 6.10 Å². The van der Waals surface area contributed by atoms with Crippen molar-refractivity contribution in [2.24, 2.45) is 17.8 Å². The predicted molar refractivity (Wildman–Crippen MR) is 71.9 cm³/mol. The van der Waals surface area contributed by atoms with Gasteiger partial charge in [0.25, 0.3) is 0 Å². The minimum absolute atomic E-state index is 0.0375. The fraction of sp³-hybridized carbons (Fsp3) is 1.00. The van der Waals surface area contributed by atoms with Gasteiger partial charge >= 0.3 is 0 Å². The number of piperidine rings is 1. The van der Waals surface area contributed by atoms with Crippen molar-refractivity contribution in [3.05, 3.63) is 0 Å². The average Bonchev–Trinajstić information content (AvgIpc) is 2.39. The summed E-state index contributed by atoms with van der Waals surface area (Å²) in [5.74, 6) is 2.07. The van der Waals surface area contributed by atoms with E-state index < -0.39 is 0 Å². The lowest BCUT2D eigenvalue weighted by atomic mass is 9.73. The van der Waals surface area contributed by atoms with Gasteiger partial charge in [-0.25, -0.2) is 0 Å². The van der Waals surface area contributed by atoms with E-state index in [1.807, 2.05) is 0 Å². The zero-order chi connectivity index (χ0) is 12.3. The molecule has 1 heterocycles. The molecule has 0 aromatic heterocycles. The van der Waals surface area contributed by atoms with Crippen molar-refractivity contribution >= 4 is 0 Å². The molecule has 1 saturated carbocycles. The number of hydrogen-bond donors (Lipinski definition) is 2. The average molecular weight is 239 g/mol. The summed E-state index contributed by atoms with van der Waals surface area (Å²) in [6.45, 7) is 5.83. The fourth-order valence-corrected chi connectivity index (χ4v) is 3.79. The highest BCUT2D eigenvalue weighted by atomic mass is 16.3. The van der Waals surface area contributed by atoms with Gasteiger partial charge in [-0.05, 0) is 50.0 Å². The van der Waals surface area contributed by atoms with Gasteiger partial charge in [0.2, 0.25) is 0 Å². The Morgan fingerprint density at radius 1 is 1.18 bits per heavy atom. The van der Waals surface area contributed by atoms with Crippen LogP contribution >= 0.6 is 0 Å². The fourth-order valence-electron chi connectivity index (χ4n) is 3.79. The van der Waals surface area contributed by atoms with Crippen LogP contribution in [0.2, 0.25) is 0 Å². The van der Waals surface area contributed by atoms with E-state index in [1.54, 1.807) is 0 Å². The lowest BCUT2D eigenvalue weighted by molar-refractivity contribution is 0.0253. The third-order valence-corrected chi connectivity index (χ3v) is 5.22. The van der Waals surface area contributed by atoms with Crippen LogP contribution < -0.4 is 5.32 Å². The summed E-state index contributed by atoms with van der Waals surface area (Å²) in [6.07, 6.45) is 8.75. The first-order chi connectivity index (χ1) is 8.22. The van der Waals surface area contributed by atoms with Crippen LogP contribution in [0.5, 0.6) is 0 Å². The van der Waals surface area contributed by atoms with Gasteiger partial charge in [-0.1, -0.05) is 33.1 Å². The lowest BCUT2D eigenvalue weighted by Crippen LogP contribution is -2.47. The van der Waals surface area contributed by atoms with E-state index in [2.05, 4.69) is 19.2 Å². The summed E-state index contributed by atoms with van der Waals surface area (Å²) >= 11 is 0. The molecule has 2 rings (SSSR count). The van der Waals surface area contributed by atoms with Gasteiger partial charge in [-0.15, -0.1) is 0 Å². The molecule has 100 valence electrons. The van der Waals surface area contributed by atoms with Crippen LogP contribution in [0.4, 0.5) is 0 Å². The summed E-state index contributed by atoms with van der Waals surface area (Å²) in [4.78, 5) is 0. The van der Waals surface area contributed by atoms with Crippen molar-refractivity contribution in [3.63, 3.8) is 0 Å². The lowest BCUT2D eigenvalue weighted by Gasteiger charge is -2.40. The zero-order valence-electron chi connectivity index (χ0n) is 11.5. The van der Waals surface area contributed by atoms with E-state index in [4.69, 9.17) is 0 Å². The summed E-state index contributed by atoms with van der Waals surface area (Å²) < 4.78 is 0. The van der Waals surface area contributed by atoms with E-state index >= 15 is 0 Å². The van der Waals surface area contributed by atoms with Gasteiger partial charge in [0, 0.05) is 6.04 Å². The smallest absolute Gasteiger partial charge is 0.0571 e. The zero-order valence-corrected chi connectivity index (χ0v) is 11.5. The second-order valence-corrected chi connectivity index (χ2v) is 6.24. The molecular formula is C15H29NO. The summed E-state index contributed by atoms with van der Waals surface area (Å²) in [5.41, 5.74) is 0. The maximum atomic E-state index is 10.1. The molecule has 2 N–H and O–H groups in total. The molecule has 1 saturated heterocycles. The normalized spacial score (nSPS) is 41.1. The number of rotatable bonds is 3. The molecule has 2 aliphatic rings. The first kappa shape index (κ1) is 13.4. The summed E-state index contributed by atoms with van der Waals surface area (Å²) in [7, 11) is 0. The molecule has 5 atom stereocenters. The molecule has 0 spiro atoms. The molecule has 1 aliphatic heterocycles. The molecular weight excluding hydrogens is 210 g/mol. The van der Waals surface area contributed by atoms with Gasteiger partial charge < -0.3 is 10.4 Å². The predicted octanol–water partition coefficient (Wildman–Crippen LogP) is 2.95. The van der Waals surface area contributed by atoms with Gasteiger partial charge in [0.15, 0.2) is 0 Å². The molecule has 1 aliphatic carbocycles. The Kier molecular flexibility index (Phi) is 4.87. The van der Waals surface area contributed by atoms with Crippen molar-refractivity contribution < 1.29 is 5.11 Å². The van der Waals surface area contributed by atoms with Crippen molar-refractivity contribution in [2.45, 2.75) is 70.9 Å². The second-order valence-electron chi connectivity index (χ2n) is 6.24. The SMILES string of the molecule is CC[C@@H]1CC[C@H]([C@@H](C)[C@H]2CCCC[C@@H]2O)NC1. The Bertz CT molecular complexity index is 223. The van der Waals surface area contributed by atoms with E-state index in [0.717, 1.165) is 12.3 Å². The maximum Gasteiger partial charge on any atom is 0.0571 e. The number of nitrogens with one attached hydrogen (secondary N) is 1. The van der Waals surface area contributed by atoms with Crippen LogP contribution in [-0.2, 0) is 0 Å². The van der Waals surface area contributed by atoms with E-state index in [0.29, 0.717) is 17.9 Å². The maximum absolute atomic E-state index is 10.1. The molecule has 0 amide bonds. The Morgan fingerprint density at radius 2 is 1.94 bits per heavy atom. The number of aliphatic hydroxyl groups is 1. The molecule has 2 nitrogen and oxygen atoms in total. The minimum Gasteiger partial charge on any atom is -0.393 e. The van der Waals surface area contributed by atoms with Crippen molar-refractivity contribution in [1.29, 1.82) is 0 Å². The highest BCUT2D eigenvalue weighted by Gasteiger charge is 2.34. The van der Waals surface area contributed by atoms with Crippen LogP contribution in [0.15, 0.2) is 0 Å². The van der Waals surface area contributed by atoms with Crippen molar-refractivity contribution in [3.8, 4) is 0 Å². The topological polar surface area (TPSA) is 32.3 Å². The number of aliphatic hydroxyl groups excluding tert-OH is 1. The largest absolute Gasteiger partial charge is 0.393 e. The molecule has 2 heteroatoms. The van der Waals surface area contributed by atoms with Crippen LogP contribution in [0, 0.1) is 17.8 Å². The van der Waals surface area contributed by atoms with Crippen molar-refractivity contribution in [2.75, 3.05) is 6.54 Å². The quantitative estimate of drug-likeness (QED) is 0.793. The van der Waals surface area contributed by atoms with Crippen molar-refractivity contribution in [1.82, 2.24) is 5.32 Å². The first-order valence-electron chi connectivity index (χ1n) is 7.63. The van der Waals surface area contributed by atoms with Crippen LogP contribution in [0.1, 0.15) is 58.8 Å². The minimum atomic E-state index is -0.0375. The highest BCUT2D eigenvalue weighted by Crippen LogP contribution is 2.34. The second kappa shape index (κ2) is 6.19. The molecule has 0 aromatic rings. The molecule has 0 unspecified atom stereocenters. The summed E-state index contributed by atoms with van der Waals surface area (Å²) in [6, 6.07) is 0.649. The highest BCUT2D eigenvalue weighted by molar-refractivity contribution is 4.88. The van der Waals surface area contributed by atoms with Gasteiger partial charge in [0.05, 0.1) is 6.10 Å². The molecule has 0 bridgehead atoms. The van der Waals surface area contributed by atoms with Gasteiger partial charge in [-0.2, -0.15) is 0 Å². The molecule has 2 fully saturated rings. The van der Waals surface area contributed by atoms with E-state index in [1.165, 1.54) is 45.1 Å². The van der Waals surface area contributed by atoms with E-state index in [9.17, 15) is 5.11 Å². The Balaban J connectivity index is 1.85. The van der Waals surface area contributed by atoms with Crippen LogP contribution in [0.25, 0.3) is 0 Å². The van der Waals surface area contributed by atoms with Gasteiger partial charge in [0.1, 0.15) is 0 Å². The Morgan fingerprint density at radius 3 is 2.53 bits per heavy atom. The Hall–Kier alpha value is -0.0800. The molecule has 0 radical (unpaired) electrons. The third kappa shape index (κ3) is 3.23. The monoisotopic (exact) mass is 239 g/mol. The van der Waals surface area contributed by atoms with Crippen LogP contribution in [-0.4, -0.2) is 23.8 Å². The van der Waals surface area contributed by atoms with Gasteiger partial charge in [-0.3, -0.25) is 0 Å². The molecule has 17 heavy (non-hydrogen) atoms. The first-order valence-corrected chi connectivity index (χ1v) is 7.63. The standard InChI is InChI=1S/C15H29NO/c1-3-12-8-9-14(16-10-12)11(2)13-6-4-5-7-15(13)17/h11-17H,3-10H2,1-2H3/t11-,12+,13+,14+,15-/m0/s1.